The van der Waals surface area contributed by atoms with E-state index < -0.39 is 9.84 Å². The summed E-state index contributed by atoms with van der Waals surface area (Å²) in [6.45, 7) is 2.06. The van der Waals surface area contributed by atoms with E-state index in [1.807, 2.05) is 47.4 Å². The molecule has 0 saturated carbocycles. The minimum absolute atomic E-state index is 0.110. The lowest BCUT2D eigenvalue weighted by Crippen LogP contribution is -2.39. The second-order valence-corrected chi connectivity index (χ2v) is 11.7. The third-order valence-corrected chi connectivity index (χ3v) is 8.38. The van der Waals surface area contributed by atoms with Crippen molar-refractivity contribution in [2.24, 2.45) is 0 Å². The molecule has 39 heavy (non-hydrogen) atoms. The van der Waals surface area contributed by atoms with E-state index in [0.717, 1.165) is 11.1 Å². The van der Waals surface area contributed by atoms with E-state index in [1.165, 1.54) is 6.07 Å². The zero-order valence-electron chi connectivity index (χ0n) is 21.9. The van der Waals surface area contributed by atoms with Crippen molar-refractivity contribution in [2.75, 3.05) is 52.0 Å². The maximum atomic E-state index is 15.2. The standard InChI is InChI=1S/C29H30FN3O5S/c1-36-12-13-38-27-9-8-21(17-28(27)37-2)26-18-31-25-5-3-4-23(29(25)32-26)20-6-7-22(24(30)16-20)19-33-10-14-39(34,35)15-11-33/h3-9,16-18H,10-15,19H2,1-2H3. The highest BCUT2D eigenvalue weighted by molar-refractivity contribution is 7.91. The molecule has 204 valence electrons. The number of methoxy groups -OCH3 is 2. The number of sulfone groups is 1. The van der Waals surface area contributed by atoms with Gasteiger partial charge in [0.1, 0.15) is 12.4 Å². The predicted octanol–water partition coefficient (Wildman–Crippen LogP) is 4.37. The van der Waals surface area contributed by atoms with Gasteiger partial charge in [0.15, 0.2) is 21.3 Å². The van der Waals surface area contributed by atoms with Crippen molar-refractivity contribution in [1.29, 1.82) is 0 Å². The molecule has 0 radical (unpaired) electrons. The van der Waals surface area contributed by atoms with Crippen molar-refractivity contribution in [2.45, 2.75) is 6.54 Å². The molecular weight excluding hydrogens is 521 g/mol. The molecule has 1 aliphatic heterocycles. The van der Waals surface area contributed by atoms with Gasteiger partial charge in [0.05, 0.1) is 48.1 Å². The quantitative estimate of drug-likeness (QED) is 0.284. The highest BCUT2D eigenvalue weighted by Crippen LogP contribution is 2.34. The fraction of sp³-hybridized carbons (Fsp3) is 0.310. The fourth-order valence-corrected chi connectivity index (χ4v) is 5.86. The highest BCUT2D eigenvalue weighted by Gasteiger charge is 2.22. The van der Waals surface area contributed by atoms with Crippen LogP contribution in [0.15, 0.2) is 60.8 Å². The van der Waals surface area contributed by atoms with Crippen LogP contribution in [0.25, 0.3) is 33.4 Å². The van der Waals surface area contributed by atoms with Gasteiger partial charge in [0.25, 0.3) is 0 Å². The van der Waals surface area contributed by atoms with Gasteiger partial charge in [0, 0.05) is 43.4 Å². The summed E-state index contributed by atoms with van der Waals surface area (Å²) in [5.74, 6) is 1.06. The number of aromatic nitrogens is 2. The van der Waals surface area contributed by atoms with Crippen LogP contribution >= 0.6 is 0 Å². The number of rotatable bonds is 9. The molecule has 0 unspecified atom stereocenters. The minimum atomic E-state index is -2.98. The van der Waals surface area contributed by atoms with Gasteiger partial charge in [-0.2, -0.15) is 0 Å². The van der Waals surface area contributed by atoms with Crippen molar-refractivity contribution in [3.63, 3.8) is 0 Å². The molecule has 0 amide bonds. The molecule has 1 saturated heterocycles. The number of nitrogens with zero attached hydrogens (tertiary/aromatic N) is 3. The Kier molecular flexibility index (Phi) is 8.06. The summed E-state index contributed by atoms with van der Waals surface area (Å²) in [5.41, 5.74) is 4.79. The highest BCUT2D eigenvalue weighted by atomic mass is 32.2. The monoisotopic (exact) mass is 551 g/mol. The Hall–Kier alpha value is -3.60. The molecule has 1 aliphatic rings. The van der Waals surface area contributed by atoms with Crippen LogP contribution in [0.1, 0.15) is 5.56 Å². The minimum Gasteiger partial charge on any atom is -0.493 e. The number of para-hydroxylation sites is 1. The second-order valence-electron chi connectivity index (χ2n) is 9.37. The van der Waals surface area contributed by atoms with Gasteiger partial charge >= 0.3 is 0 Å². The number of halogens is 1. The average molecular weight is 552 g/mol. The maximum absolute atomic E-state index is 15.2. The zero-order chi connectivity index (χ0) is 27.4. The summed E-state index contributed by atoms with van der Waals surface area (Å²) in [5, 5.41) is 0. The molecule has 8 nitrogen and oxygen atoms in total. The summed E-state index contributed by atoms with van der Waals surface area (Å²) in [6.07, 6.45) is 1.70. The molecular formula is C29H30FN3O5S. The lowest BCUT2D eigenvalue weighted by Gasteiger charge is -2.26. The maximum Gasteiger partial charge on any atom is 0.161 e. The van der Waals surface area contributed by atoms with Crippen molar-refractivity contribution in [1.82, 2.24) is 14.9 Å². The number of benzene rings is 3. The first-order valence-corrected chi connectivity index (χ1v) is 14.5. The molecule has 1 fully saturated rings. The Morgan fingerprint density at radius 2 is 1.74 bits per heavy atom. The predicted molar refractivity (Wildman–Crippen MR) is 148 cm³/mol. The molecule has 0 spiro atoms. The average Bonchev–Trinajstić information content (AvgIpc) is 2.94. The van der Waals surface area contributed by atoms with Gasteiger partial charge in [-0.25, -0.2) is 17.8 Å². The Labute approximate surface area is 227 Å². The molecule has 0 N–H and O–H groups in total. The fourth-order valence-electron chi connectivity index (χ4n) is 4.58. The number of hydrogen-bond donors (Lipinski definition) is 0. The van der Waals surface area contributed by atoms with Gasteiger partial charge < -0.3 is 14.2 Å². The molecule has 0 bridgehead atoms. The molecule has 5 rings (SSSR count). The van der Waals surface area contributed by atoms with E-state index in [9.17, 15) is 8.42 Å². The second kappa shape index (κ2) is 11.6. The third-order valence-electron chi connectivity index (χ3n) is 6.77. The summed E-state index contributed by atoms with van der Waals surface area (Å²) in [6, 6.07) is 16.4. The van der Waals surface area contributed by atoms with Gasteiger partial charge in [-0.3, -0.25) is 9.88 Å². The van der Waals surface area contributed by atoms with Crippen molar-refractivity contribution < 1.29 is 27.0 Å². The molecule has 0 atom stereocenters. The Balaban J connectivity index is 1.43. The molecule has 4 aromatic rings. The Morgan fingerprint density at radius 1 is 0.949 bits per heavy atom. The Morgan fingerprint density at radius 3 is 2.49 bits per heavy atom. The molecule has 2 heterocycles. The van der Waals surface area contributed by atoms with E-state index >= 15 is 4.39 Å². The zero-order valence-corrected chi connectivity index (χ0v) is 22.7. The topological polar surface area (TPSA) is 90.9 Å². The summed E-state index contributed by atoms with van der Waals surface area (Å²) in [7, 11) is 0.215. The van der Waals surface area contributed by atoms with Gasteiger partial charge in [-0.1, -0.05) is 24.3 Å². The largest absolute Gasteiger partial charge is 0.493 e. The van der Waals surface area contributed by atoms with E-state index in [-0.39, 0.29) is 17.3 Å². The van der Waals surface area contributed by atoms with Crippen LogP contribution in [0, 0.1) is 5.82 Å². The summed E-state index contributed by atoms with van der Waals surface area (Å²) < 4.78 is 54.9. The van der Waals surface area contributed by atoms with Gasteiger partial charge in [-0.05, 0) is 35.9 Å². The third kappa shape index (κ3) is 6.19. The van der Waals surface area contributed by atoms with Crippen LogP contribution in [0.3, 0.4) is 0 Å². The van der Waals surface area contributed by atoms with Gasteiger partial charge in [-0.15, -0.1) is 0 Å². The van der Waals surface area contributed by atoms with E-state index in [2.05, 4.69) is 4.98 Å². The first kappa shape index (κ1) is 27.0. The van der Waals surface area contributed by atoms with Crippen molar-refractivity contribution in [3.05, 3.63) is 72.2 Å². The Bertz CT molecular complexity index is 1580. The number of fused-ring (bicyclic) bond motifs is 1. The van der Waals surface area contributed by atoms with Crippen LogP contribution in [0.5, 0.6) is 11.5 Å². The SMILES string of the molecule is COCCOc1ccc(-c2cnc3cccc(-c4ccc(CN5CCS(=O)(=O)CC5)c(F)c4)c3n2)cc1OC. The van der Waals surface area contributed by atoms with Crippen LogP contribution in [0.2, 0.25) is 0 Å². The van der Waals surface area contributed by atoms with Crippen LogP contribution in [-0.2, 0) is 21.1 Å². The van der Waals surface area contributed by atoms with E-state index in [4.69, 9.17) is 19.2 Å². The van der Waals surface area contributed by atoms with E-state index in [1.54, 1.807) is 26.5 Å². The first-order valence-electron chi connectivity index (χ1n) is 12.6. The van der Waals surface area contributed by atoms with Crippen molar-refractivity contribution >= 4 is 20.9 Å². The molecule has 3 aromatic carbocycles. The van der Waals surface area contributed by atoms with Crippen LogP contribution in [0.4, 0.5) is 4.39 Å². The van der Waals surface area contributed by atoms with Crippen LogP contribution in [-0.4, -0.2) is 75.3 Å². The normalized spacial score (nSPS) is 15.4. The van der Waals surface area contributed by atoms with E-state index in [0.29, 0.717) is 72.2 Å². The van der Waals surface area contributed by atoms with Gasteiger partial charge in [0.2, 0.25) is 0 Å². The summed E-state index contributed by atoms with van der Waals surface area (Å²) >= 11 is 0. The smallest absolute Gasteiger partial charge is 0.161 e. The summed E-state index contributed by atoms with van der Waals surface area (Å²) in [4.78, 5) is 11.5. The number of ether oxygens (including phenoxy) is 3. The number of hydrogen-bond acceptors (Lipinski definition) is 8. The molecule has 0 aliphatic carbocycles. The molecule has 1 aromatic heterocycles. The lowest BCUT2D eigenvalue weighted by atomic mass is 10.0. The molecule has 10 heteroatoms. The first-order chi connectivity index (χ1) is 18.9. The lowest BCUT2D eigenvalue weighted by molar-refractivity contribution is 0.144. The van der Waals surface area contributed by atoms with Crippen LogP contribution < -0.4 is 9.47 Å². The van der Waals surface area contributed by atoms with Crippen molar-refractivity contribution in [3.8, 4) is 33.9 Å².